The van der Waals surface area contributed by atoms with Gasteiger partial charge in [0.15, 0.2) is 11.6 Å². The lowest BCUT2D eigenvalue weighted by molar-refractivity contribution is 0.577. The van der Waals surface area contributed by atoms with Gasteiger partial charge in [-0.05, 0) is 61.4 Å². The van der Waals surface area contributed by atoms with E-state index in [1.165, 1.54) is 11.1 Å². The Labute approximate surface area is 140 Å². The lowest BCUT2D eigenvalue weighted by atomic mass is 10.1. The van der Waals surface area contributed by atoms with Crippen LogP contribution in [-0.2, 0) is 0 Å². The van der Waals surface area contributed by atoms with Gasteiger partial charge in [-0.2, -0.15) is 0 Å². The Morgan fingerprint density at radius 3 is 2.54 bits per heavy atom. The van der Waals surface area contributed by atoms with Crippen molar-refractivity contribution in [1.82, 2.24) is 9.97 Å². The normalized spacial score (nSPS) is 10.9. The Kier molecular flexibility index (Phi) is 3.50. The Hall–Kier alpha value is -3.14. The zero-order valence-corrected chi connectivity index (χ0v) is 13.6. The van der Waals surface area contributed by atoms with Gasteiger partial charge in [-0.15, -0.1) is 0 Å². The fourth-order valence-electron chi connectivity index (χ4n) is 2.64. The van der Waals surface area contributed by atoms with Crippen molar-refractivity contribution < 1.29 is 4.42 Å². The zero-order valence-electron chi connectivity index (χ0n) is 13.6. The van der Waals surface area contributed by atoms with E-state index in [1.807, 2.05) is 36.4 Å². The quantitative estimate of drug-likeness (QED) is 0.561. The van der Waals surface area contributed by atoms with Crippen LogP contribution in [0.25, 0.3) is 22.5 Å². The summed E-state index contributed by atoms with van der Waals surface area (Å²) >= 11 is 0. The standard InChI is InChI=1S/C20H17N3O/c1-13-9-10-15(12-14(13)2)21-19-16-6-3-4-7-17(16)22-20(23-19)18-8-5-11-24-18/h3-12H,1-2H3,(H,21,22,23). The topological polar surface area (TPSA) is 51.0 Å². The molecular formula is C20H17N3O. The summed E-state index contributed by atoms with van der Waals surface area (Å²) in [6.07, 6.45) is 1.63. The third kappa shape index (κ3) is 2.63. The lowest BCUT2D eigenvalue weighted by Gasteiger charge is -2.11. The molecule has 0 aliphatic heterocycles. The third-order valence-electron chi connectivity index (χ3n) is 4.11. The minimum Gasteiger partial charge on any atom is -0.461 e. The van der Waals surface area contributed by atoms with Crippen molar-refractivity contribution in [3.05, 3.63) is 72.0 Å². The Morgan fingerprint density at radius 2 is 1.75 bits per heavy atom. The molecule has 0 fully saturated rings. The summed E-state index contributed by atoms with van der Waals surface area (Å²) in [6, 6.07) is 18.0. The van der Waals surface area contributed by atoms with Gasteiger partial charge in [0.05, 0.1) is 11.8 Å². The van der Waals surface area contributed by atoms with Gasteiger partial charge >= 0.3 is 0 Å². The Morgan fingerprint density at radius 1 is 0.875 bits per heavy atom. The maximum atomic E-state index is 5.46. The predicted molar refractivity (Wildman–Crippen MR) is 96.4 cm³/mol. The van der Waals surface area contributed by atoms with Gasteiger partial charge in [0, 0.05) is 11.1 Å². The molecule has 4 heteroatoms. The molecule has 0 saturated heterocycles. The van der Waals surface area contributed by atoms with Crippen molar-refractivity contribution in [3.63, 3.8) is 0 Å². The first-order valence-corrected chi connectivity index (χ1v) is 7.85. The molecule has 2 aromatic heterocycles. The van der Waals surface area contributed by atoms with E-state index in [2.05, 4.69) is 47.3 Å². The molecule has 0 spiro atoms. The first kappa shape index (κ1) is 14.5. The third-order valence-corrected chi connectivity index (χ3v) is 4.11. The van der Waals surface area contributed by atoms with E-state index in [-0.39, 0.29) is 0 Å². The highest BCUT2D eigenvalue weighted by Gasteiger charge is 2.11. The van der Waals surface area contributed by atoms with Crippen molar-refractivity contribution in [1.29, 1.82) is 0 Å². The fourth-order valence-corrected chi connectivity index (χ4v) is 2.64. The van der Waals surface area contributed by atoms with Crippen LogP contribution in [0.1, 0.15) is 11.1 Å². The van der Waals surface area contributed by atoms with Crippen molar-refractivity contribution in [2.75, 3.05) is 5.32 Å². The monoisotopic (exact) mass is 315 g/mol. The molecule has 4 rings (SSSR count). The van der Waals surface area contributed by atoms with Crippen LogP contribution >= 0.6 is 0 Å². The van der Waals surface area contributed by atoms with Gasteiger partial charge in [-0.1, -0.05) is 18.2 Å². The smallest absolute Gasteiger partial charge is 0.198 e. The second kappa shape index (κ2) is 5.81. The van der Waals surface area contributed by atoms with Gasteiger partial charge in [-0.3, -0.25) is 0 Å². The molecule has 0 radical (unpaired) electrons. The molecule has 0 aliphatic rings. The van der Waals surface area contributed by atoms with Crippen LogP contribution < -0.4 is 5.32 Å². The number of rotatable bonds is 3. The number of nitrogens with zero attached hydrogens (tertiary/aromatic N) is 2. The maximum Gasteiger partial charge on any atom is 0.198 e. The van der Waals surface area contributed by atoms with Crippen LogP contribution in [0.3, 0.4) is 0 Å². The van der Waals surface area contributed by atoms with Gasteiger partial charge in [-0.25, -0.2) is 9.97 Å². The molecule has 118 valence electrons. The van der Waals surface area contributed by atoms with E-state index in [9.17, 15) is 0 Å². The minimum absolute atomic E-state index is 0.574. The highest BCUT2D eigenvalue weighted by molar-refractivity contribution is 5.92. The molecule has 2 heterocycles. The van der Waals surface area contributed by atoms with E-state index in [1.54, 1.807) is 6.26 Å². The molecule has 0 bridgehead atoms. The van der Waals surface area contributed by atoms with Crippen LogP contribution in [0, 0.1) is 13.8 Å². The predicted octanol–water partition coefficient (Wildman–Crippen LogP) is 5.25. The zero-order chi connectivity index (χ0) is 16.5. The van der Waals surface area contributed by atoms with Gasteiger partial charge in [0.2, 0.25) is 0 Å². The molecule has 24 heavy (non-hydrogen) atoms. The van der Waals surface area contributed by atoms with E-state index in [0.29, 0.717) is 11.6 Å². The van der Waals surface area contributed by atoms with Gasteiger partial charge in [0.25, 0.3) is 0 Å². The molecule has 0 amide bonds. The maximum absolute atomic E-state index is 5.46. The molecule has 1 N–H and O–H groups in total. The molecule has 0 unspecified atom stereocenters. The fraction of sp³-hybridized carbons (Fsp3) is 0.100. The number of anilines is 2. The van der Waals surface area contributed by atoms with Crippen LogP contribution in [0.4, 0.5) is 11.5 Å². The number of fused-ring (bicyclic) bond motifs is 1. The number of aryl methyl sites for hydroxylation is 2. The van der Waals surface area contributed by atoms with Crippen molar-refractivity contribution >= 4 is 22.4 Å². The molecule has 0 saturated carbocycles. The first-order valence-electron chi connectivity index (χ1n) is 7.85. The molecule has 0 aliphatic carbocycles. The summed E-state index contributed by atoms with van der Waals surface area (Å²) in [5, 5.41) is 4.40. The summed E-state index contributed by atoms with van der Waals surface area (Å²) in [7, 11) is 0. The summed E-state index contributed by atoms with van der Waals surface area (Å²) in [6.45, 7) is 4.21. The largest absolute Gasteiger partial charge is 0.461 e. The lowest BCUT2D eigenvalue weighted by Crippen LogP contribution is -1.99. The van der Waals surface area contributed by atoms with Crippen molar-refractivity contribution in [2.45, 2.75) is 13.8 Å². The first-order chi connectivity index (χ1) is 11.7. The Balaban J connectivity index is 1.85. The van der Waals surface area contributed by atoms with E-state index >= 15 is 0 Å². The molecular weight excluding hydrogens is 298 g/mol. The average Bonchev–Trinajstić information content (AvgIpc) is 3.13. The van der Waals surface area contributed by atoms with E-state index < -0.39 is 0 Å². The van der Waals surface area contributed by atoms with Crippen molar-refractivity contribution in [2.24, 2.45) is 0 Å². The van der Waals surface area contributed by atoms with Crippen LogP contribution in [0.2, 0.25) is 0 Å². The number of aromatic nitrogens is 2. The summed E-state index contributed by atoms with van der Waals surface area (Å²) in [5.41, 5.74) is 4.39. The molecule has 4 aromatic rings. The summed E-state index contributed by atoms with van der Waals surface area (Å²) in [5.74, 6) is 2.00. The number of nitrogens with one attached hydrogen (secondary N) is 1. The van der Waals surface area contributed by atoms with Gasteiger partial charge < -0.3 is 9.73 Å². The van der Waals surface area contributed by atoms with E-state index in [0.717, 1.165) is 22.4 Å². The second-order valence-corrected chi connectivity index (χ2v) is 5.81. The van der Waals surface area contributed by atoms with Crippen LogP contribution in [0.5, 0.6) is 0 Å². The van der Waals surface area contributed by atoms with Gasteiger partial charge in [0.1, 0.15) is 5.82 Å². The average molecular weight is 315 g/mol. The number of hydrogen-bond donors (Lipinski definition) is 1. The molecule has 2 aromatic carbocycles. The number of benzene rings is 2. The highest BCUT2D eigenvalue weighted by Crippen LogP contribution is 2.28. The second-order valence-electron chi connectivity index (χ2n) is 5.81. The summed E-state index contributed by atoms with van der Waals surface area (Å²) < 4.78 is 5.46. The summed E-state index contributed by atoms with van der Waals surface area (Å²) in [4.78, 5) is 9.28. The molecule has 0 atom stereocenters. The number of para-hydroxylation sites is 1. The Bertz CT molecular complexity index is 1010. The van der Waals surface area contributed by atoms with Crippen LogP contribution in [0.15, 0.2) is 65.3 Å². The van der Waals surface area contributed by atoms with Crippen molar-refractivity contribution in [3.8, 4) is 11.6 Å². The highest BCUT2D eigenvalue weighted by atomic mass is 16.3. The number of hydrogen-bond acceptors (Lipinski definition) is 4. The van der Waals surface area contributed by atoms with Crippen LogP contribution in [-0.4, -0.2) is 9.97 Å². The molecule has 4 nitrogen and oxygen atoms in total. The minimum atomic E-state index is 0.574. The number of furan rings is 1. The SMILES string of the molecule is Cc1ccc(Nc2nc(-c3ccco3)nc3ccccc23)cc1C. The van der Waals surface area contributed by atoms with E-state index in [4.69, 9.17) is 4.42 Å².